The van der Waals surface area contributed by atoms with Gasteiger partial charge in [0.25, 0.3) is 0 Å². The number of esters is 1. The van der Waals surface area contributed by atoms with Crippen molar-refractivity contribution in [2.24, 2.45) is 0 Å². The molecular formula is C31H29ClFN5O3. The zero-order chi connectivity index (χ0) is 28.1. The summed E-state index contributed by atoms with van der Waals surface area (Å²) in [5.74, 6) is 1.25. The zero-order valence-electron chi connectivity index (χ0n) is 22.6. The molecule has 7 rings (SSSR count). The number of halogens is 2. The lowest BCUT2D eigenvalue weighted by Gasteiger charge is -2.30. The third-order valence-electron chi connectivity index (χ3n) is 8.12. The minimum atomic E-state index is -0.366. The van der Waals surface area contributed by atoms with E-state index in [1.165, 1.54) is 13.2 Å². The standard InChI is InChI=1S/C31H29ClFN5O3/c1-40-31(39)21-6-8-25-27(14-21)38(16-23-9-12-41-23)29(34-25)18-36-10-11-37-28(17-36)35-26-4-2-3-20(30(26)37)13-19-5-7-22(32)15-24(19)33/h2-8,14-15,23H,9-13,16-18H2,1H3/t23-/m0/s1. The summed E-state index contributed by atoms with van der Waals surface area (Å²) in [5.41, 5.74) is 5.87. The Bertz CT molecular complexity index is 1790. The summed E-state index contributed by atoms with van der Waals surface area (Å²) >= 11 is 5.97. The van der Waals surface area contributed by atoms with E-state index in [9.17, 15) is 9.18 Å². The Morgan fingerprint density at radius 1 is 1.10 bits per heavy atom. The first kappa shape index (κ1) is 26.1. The summed E-state index contributed by atoms with van der Waals surface area (Å²) in [6.45, 7) is 4.35. The van der Waals surface area contributed by atoms with Crippen molar-refractivity contribution >= 4 is 39.6 Å². The van der Waals surface area contributed by atoms with E-state index in [4.69, 9.17) is 31.0 Å². The highest BCUT2D eigenvalue weighted by atomic mass is 35.5. The number of benzene rings is 3. The van der Waals surface area contributed by atoms with Crippen molar-refractivity contribution in [1.29, 1.82) is 0 Å². The van der Waals surface area contributed by atoms with Crippen LogP contribution in [-0.4, -0.2) is 56.3 Å². The predicted octanol–water partition coefficient (Wildman–Crippen LogP) is 5.36. The van der Waals surface area contributed by atoms with Gasteiger partial charge in [-0.25, -0.2) is 19.2 Å². The number of hydrogen-bond acceptors (Lipinski definition) is 6. The van der Waals surface area contributed by atoms with Crippen LogP contribution in [0.1, 0.15) is 39.6 Å². The number of ether oxygens (including phenoxy) is 2. The molecule has 1 saturated heterocycles. The van der Waals surface area contributed by atoms with Crippen molar-refractivity contribution in [1.82, 2.24) is 24.0 Å². The number of methoxy groups -OCH3 is 1. The van der Waals surface area contributed by atoms with Gasteiger partial charge in [-0.15, -0.1) is 0 Å². The van der Waals surface area contributed by atoms with Crippen molar-refractivity contribution in [3.63, 3.8) is 0 Å². The van der Waals surface area contributed by atoms with Gasteiger partial charge in [0.2, 0.25) is 0 Å². The van der Waals surface area contributed by atoms with Crippen LogP contribution in [0, 0.1) is 5.82 Å². The number of hydrogen-bond donors (Lipinski definition) is 0. The molecule has 0 unspecified atom stereocenters. The summed E-state index contributed by atoms with van der Waals surface area (Å²) in [6.07, 6.45) is 1.62. The number of carbonyl (C=O) groups excluding carboxylic acids is 1. The number of aromatic nitrogens is 4. The van der Waals surface area contributed by atoms with Gasteiger partial charge in [-0.1, -0.05) is 29.8 Å². The maximum atomic E-state index is 14.6. The molecule has 210 valence electrons. The maximum Gasteiger partial charge on any atom is 0.337 e. The van der Waals surface area contributed by atoms with E-state index in [-0.39, 0.29) is 17.9 Å². The van der Waals surface area contributed by atoms with Crippen molar-refractivity contribution < 1.29 is 18.7 Å². The molecule has 0 spiro atoms. The van der Waals surface area contributed by atoms with Crippen LogP contribution in [-0.2, 0) is 42.1 Å². The zero-order valence-corrected chi connectivity index (χ0v) is 23.4. The molecule has 0 N–H and O–H groups in total. The van der Waals surface area contributed by atoms with Crippen LogP contribution in [0.5, 0.6) is 0 Å². The molecule has 0 bridgehead atoms. The van der Waals surface area contributed by atoms with Gasteiger partial charge in [0, 0.05) is 31.1 Å². The van der Waals surface area contributed by atoms with Gasteiger partial charge < -0.3 is 18.6 Å². The normalized spacial score (nSPS) is 17.1. The average molecular weight is 574 g/mol. The van der Waals surface area contributed by atoms with E-state index in [0.717, 1.165) is 65.4 Å². The van der Waals surface area contributed by atoms with Gasteiger partial charge in [0.15, 0.2) is 0 Å². The van der Waals surface area contributed by atoms with Crippen molar-refractivity contribution in [3.05, 3.63) is 93.8 Å². The summed E-state index contributed by atoms with van der Waals surface area (Å²) < 4.78 is 29.7. The molecule has 2 aliphatic rings. The molecule has 0 aliphatic carbocycles. The summed E-state index contributed by atoms with van der Waals surface area (Å²) in [5, 5.41) is 0.393. The van der Waals surface area contributed by atoms with Crippen LogP contribution in [0.2, 0.25) is 5.02 Å². The van der Waals surface area contributed by atoms with Crippen LogP contribution in [0.3, 0.4) is 0 Å². The van der Waals surface area contributed by atoms with Gasteiger partial charge in [0.1, 0.15) is 17.5 Å². The number of rotatable bonds is 7. The molecule has 2 aromatic heterocycles. The van der Waals surface area contributed by atoms with E-state index in [1.807, 2.05) is 30.3 Å². The average Bonchev–Trinajstić information content (AvgIpc) is 3.48. The first-order valence-electron chi connectivity index (χ1n) is 13.8. The molecule has 0 saturated carbocycles. The summed E-state index contributed by atoms with van der Waals surface area (Å²) in [7, 11) is 1.39. The molecule has 8 nitrogen and oxygen atoms in total. The fourth-order valence-electron chi connectivity index (χ4n) is 5.91. The monoisotopic (exact) mass is 573 g/mol. The molecular weight excluding hydrogens is 545 g/mol. The Morgan fingerprint density at radius 2 is 1.98 bits per heavy atom. The van der Waals surface area contributed by atoms with Crippen LogP contribution in [0.4, 0.5) is 4.39 Å². The largest absolute Gasteiger partial charge is 0.465 e. The minimum absolute atomic E-state index is 0.141. The lowest BCUT2D eigenvalue weighted by Crippen LogP contribution is -2.35. The molecule has 1 atom stereocenters. The van der Waals surface area contributed by atoms with E-state index in [1.54, 1.807) is 18.2 Å². The Balaban J connectivity index is 1.18. The highest BCUT2D eigenvalue weighted by molar-refractivity contribution is 6.30. The van der Waals surface area contributed by atoms with Crippen molar-refractivity contribution in [2.75, 3.05) is 20.3 Å². The quantitative estimate of drug-likeness (QED) is 0.244. The van der Waals surface area contributed by atoms with Crippen molar-refractivity contribution in [3.8, 4) is 0 Å². The fraction of sp³-hybridized carbons (Fsp3) is 0.323. The van der Waals surface area contributed by atoms with Crippen LogP contribution in [0.25, 0.3) is 22.1 Å². The molecule has 10 heteroatoms. The first-order chi connectivity index (χ1) is 20.0. The van der Waals surface area contributed by atoms with Gasteiger partial charge in [0.05, 0.1) is 60.5 Å². The smallest absolute Gasteiger partial charge is 0.337 e. The number of para-hydroxylation sites is 1. The lowest BCUT2D eigenvalue weighted by molar-refractivity contribution is -0.0592. The SMILES string of the molecule is COC(=O)c1ccc2nc(CN3CCn4c(nc5cccc(Cc6ccc(Cl)cc6F)c54)C3)n(C[C@@H]3CCO3)c2c1. The first-order valence-corrected chi connectivity index (χ1v) is 14.2. The molecule has 2 aliphatic heterocycles. The highest BCUT2D eigenvalue weighted by Gasteiger charge is 2.26. The number of fused-ring (bicyclic) bond motifs is 4. The van der Waals surface area contributed by atoms with Crippen LogP contribution < -0.4 is 0 Å². The Hall–Kier alpha value is -3.79. The van der Waals surface area contributed by atoms with E-state index in [0.29, 0.717) is 42.2 Å². The Morgan fingerprint density at radius 3 is 2.76 bits per heavy atom. The highest BCUT2D eigenvalue weighted by Crippen LogP contribution is 2.29. The van der Waals surface area contributed by atoms with E-state index < -0.39 is 0 Å². The molecule has 0 radical (unpaired) electrons. The molecule has 0 amide bonds. The Kier molecular flexibility index (Phi) is 6.73. The predicted molar refractivity (Wildman–Crippen MR) is 153 cm³/mol. The van der Waals surface area contributed by atoms with Crippen LogP contribution in [0.15, 0.2) is 54.6 Å². The van der Waals surface area contributed by atoms with E-state index in [2.05, 4.69) is 14.0 Å². The van der Waals surface area contributed by atoms with Gasteiger partial charge >= 0.3 is 5.97 Å². The second-order valence-corrected chi connectivity index (χ2v) is 11.1. The number of nitrogens with zero attached hydrogens (tertiary/aromatic N) is 5. The van der Waals surface area contributed by atoms with Crippen molar-refractivity contribution in [2.45, 2.75) is 45.1 Å². The lowest BCUT2D eigenvalue weighted by atomic mass is 10.0. The second kappa shape index (κ2) is 10.6. The molecule has 5 aromatic rings. The van der Waals surface area contributed by atoms with Gasteiger partial charge in [-0.2, -0.15) is 0 Å². The topological polar surface area (TPSA) is 74.4 Å². The Labute approximate surface area is 241 Å². The van der Waals surface area contributed by atoms with E-state index >= 15 is 0 Å². The van der Waals surface area contributed by atoms with Gasteiger partial charge in [-0.05, 0) is 53.9 Å². The van der Waals surface area contributed by atoms with Crippen LogP contribution >= 0.6 is 11.6 Å². The summed E-state index contributed by atoms with van der Waals surface area (Å²) in [6, 6.07) is 16.4. The third-order valence-corrected chi connectivity index (χ3v) is 8.36. The summed E-state index contributed by atoms with van der Waals surface area (Å²) in [4.78, 5) is 24.5. The minimum Gasteiger partial charge on any atom is -0.465 e. The molecule has 4 heterocycles. The third kappa shape index (κ3) is 4.88. The molecule has 1 fully saturated rings. The maximum absolute atomic E-state index is 14.6. The number of carbonyl (C=O) groups is 1. The van der Waals surface area contributed by atoms with Gasteiger partial charge in [-0.3, -0.25) is 4.90 Å². The fourth-order valence-corrected chi connectivity index (χ4v) is 6.07. The number of imidazole rings is 2. The molecule has 3 aromatic carbocycles. The second-order valence-electron chi connectivity index (χ2n) is 10.7. The molecule has 41 heavy (non-hydrogen) atoms.